The van der Waals surface area contributed by atoms with E-state index in [0.717, 1.165) is 31.6 Å². The van der Waals surface area contributed by atoms with Crippen molar-refractivity contribution in [3.05, 3.63) is 18.3 Å². The van der Waals surface area contributed by atoms with Crippen LogP contribution in [0.4, 0.5) is 16.3 Å². The van der Waals surface area contributed by atoms with Gasteiger partial charge >= 0.3 is 6.09 Å². The molecule has 6 heteroatoms. The van der Waals surface area contributed by atoms with Gasteiger partial charge in [0, 0.05) is 31.6 Å². The molecule has 126 valence electrons. The first-order valence-corrected chi connectivity index (χ1v) is 8.10. The fraction of sp³-hybridized carbons (Fsp3) is 0.647. The summed E-state index contributed by atoms with van der Waals surface area (Å²) in [4.78, 5) is 20.3. The summed E-state index contributed by atoms with van der Waals surface area (Å²) in [5.74, 6) is 0.548. The van der Waals surface area contributed by atoms with E-state index in [1.54, 1.807) is 4.90 Å². The fourth-order valence-electron chi connectivity index (χ4n) is 3.49. The van der Waals surface area contributed by atoms with Crippen molar-refractivity contribution < 1.29 is 9.53 Å². The number of nitrogens with zero attached hydrogens (tertiary/aromatic N) is 3. The average molecular weight is 318 g/mol. The van der Waals surface area contributed by atoms with Crippen LogP contribution >= 0.6 is 0 Å². The van der Waals surface area contributed by atoms with E-state index in [2.05, 4.69) is 9.88 Å². The van der Waals surface area contributed by atoms with Crippen LogP contribution in [-0.2, 0) is 4.74 Å². The molecule has 6 nitrogen and oxygen atoms in total. The van der Waals surface area contributed by atoms with Gasteiger partial charge in [0.15, 0.2) is 0 Å². The highest BCUT2D eigenvalue weighted by Crippen LogP contribution is 2.51. The maximum absolute atomic E-state index is 12.1. The molecular weight excluding hydrogens is 292 g/mol. The number of pyridine rings is 1. The zero-order valence-corrected chi connectivity index (χ0v) is 14.4. The van der Waals surface area contributed by atoms with Gasteiger partial charge < -0.3 is 20.3 Å². The Labute approximate surface area is 137 Å². The summed E-state index contributed by atoms with van der Waals surface area (Å²) in [6, 6.07) is 4.13. The molecule has 1 saturated carbocycles. The summed E-state index contributed by atoms with van der Waals surface area (Å²) in [5, 5.41) is 0. The molecule has 1 aromatic rings. The number of aromatic nitrogens is 1. The van der Waals surface area contributed by atoms with E-state index in [9.17, 15) is 4.79 Å². The monoisotopic (exact) mass is 318 g/mol. The molecule has 2 fully saturated rings. The molecule has 3 rings (SSSR count). The maximum atomic E-state index is 12.1. The minimum Gasteiger partial charge on any atom is -0.444 e. The molecule has 1 aliphatic carbocycles. The molecule has 2 heterocycles. The lowest BCUT2D eigenvalue weighted by Crippen LogP contribution is -2.67. The third-order valence-corrected chi connectivity index (χ3v) is 4.75. The second-order valence-corrected chi connectivity index (χ2v) is 7.95. The molecule has 0 atom stereocenters. The minimum atomic E-state index is -0.442. The van der Waals surface area contributed by atoms with Crippen molar-refractivity contribution in [3.8, 4) is 0 Å². The molecule has 0 unspecified atom stereocenters. The van der Waals surface area contributed by atoms with Gasteiger partial charge in [-0.15, -0.1) is 0 Å². The molecule has 1 amide bonds. The largest absolute Gasteiger partial charge is 0.444 e. The van der Waals surface area contributed by atoms with E-state index in [4.69, 9.17) is 10.5 Å². The molecule has 0 radical (unpaired) electrons. The van der Waals surface area contributed by atoms with Crippen LogP contribution in [0.3, 0.4) is 0 Å². The first kappa shape index (κ1) is 15.9. The number of amides is 1. The molecule has 1 saturated heterocycles. The average Bonchev–Trinajstić information content (AvgIpc) is 2.35. The summed E-state index contributed by atoms with van der Waals surface area (Å²) in [7, 11) is 1.84. The van der Waals surface area contributed by atoms with Crippen molar-refractivity contribution in [2.24, 2.45) is 5.41 Å². The number of anilines is 2. The van der Waals surface area contributed by atoms with Gasteiger partial charge in [0.05, 0.1) is 11.9 Å². The quantitative estimate of drug-likeness (QED) is 0.907. The third-order valence-electron chi connectivity index (χ3n) is 4.75. The van der Waals surface area contributed by atoms with Crippen LogP contribution in [0.5, 0.6) is 0 Å². The fourth-order valence-corrected chi connectivity index (χ4v) is 3.49. The van der Waals surface area contributed by atoms with Gasteiger partial charge in [-0.3, -0.25) is 0 Å². The van der Waals surface area contributed by atoms with Crippen molar-refractivity contribution in [2.75, 3.05) is 30.8 Å². The summed E-state index contributed by atoms with van der Waals surface area (Å²) >= 11 is 0. The van der Waals surface area contributed by atoms with E-state index < -0.39 is 5.60 Å². The van der Waals surface area contributed by atoms with E-state index in [0.29, 0.717) is 11.2 Å². The van der Waals surface area contributed by atoms with Crippen molar-refractivity contribution in [3.63, 3.8) is 0 Å². The number of carbonyl (C=O) groups is 1. The summed E-state index contributed by atoms with van der Waals surface area (Å²) in [6.45, 7) is 7.73. The number of rotatable bonds is 2. The van der Waals surface area contributed by atoms with E-state index in [-0.39, 0.29) is 12.1 Å². The Hall–Kier alpha value is -1.98. The number of hydrogen-bond donors (Lipinski definition) is 1. The van der Waals surface area contributed by atoms with Crippen molar-refractivity contribution >= 4 is 17.6 Å². The zero-order valence-electron chi connectivity index (χ0n) is 14.4. The van der Waals surface area contributed by atoms with Gasteiger partial charge in [-0.2, -0.15) is 0 Å². The summed E-state index contributed by atoms with van der Waals surface area (Å²) in [5.41, 5.74) is 6.65. The highest BCUT2D eigenvalue weighted by molar-refractivity contribution is 5.68. The van der Waals surface area contributed by atoms with Crippen LogP contribution in [0.15, 0.2) is 18.3 Å². The lowest BCUT2D eigenvalue weighted by Gasteiger charge is -2.61. The highest BCUT2D eigenvalue weighted by Gasteiger charge is 2.54. The number of carbonyl (C=O) groups excluding carboxylic acids is 1. The molecule has 2 aliphatic rings. The summed E-state index contributed by atoms with van der Waals surface area (Å²) < 4.78 is 5.43. The van der Waals surface area contributed by atoms with Gasteiger partial charge in [0.25, 0.3) is 0 Å². The molecule has 1 aliphatic heterocycles. The second-order valence-electron chi connectivity index (χ2n) is 7.95. The van der Waals surface area contributed by atoms with Crippen molar-refractivity contribution in [1.29, 1.82) is 0 Å². The topological polar surface area (TPSA) is 71.7 Å². The Bertz CT molecular complexity index is 580. The van der Waals surface area contributed by atoms with E-state index >= 15 is 0 Å². The Morgan fingerprint density at radius 2 is 2.04 bits per heavy atom. The third kappa shape index (κ3) is 3.21. The number of ether oxygens (including phenoxy) is 1. The van der Waals surface area contributed by atoms with Crippen LogP contribution in [0.1, 0.15) is 33.6 Å². The lowest BCUT2D eigenvalue weighted by molar-refractivity contribution is -0.0291. The molecule has 23 heavy (non-hydrogen) atoms. The van der Waals surface area contributed by atoms with E-state index in [1.165, 1.54) is 0 Å². The van der Waals surface area contributed by atoms with Crippen molar-refractivity contribution in [2.45, 2.75) is 45.3 Å². The first-order valence-electron chi connectivity index (χ1n) is 8.10. The van der Waals surface area contributed by atoms with Gasteiger partial charge in [-0.25, -0.2) is 9.78 Å². The Balaban J connectivity index is 1.48. The Kier molecular flexibility index (Phi) is 3.65. The number of nitrogen functional groups attached to an aromatic ring is 1. The van der Waals surface area contributed by atoms with Crippen molar-refractivity contribution in [1.82, 2.24) is 9.88 Å². The van der Waals surface area contributed by atoms with Gasteiger partial charge in [-0.1, -0.05) is 0 Å². The second kappa shape index (κ2) is 5.28. The number of nitrogens with two attached hydrogens (primary N) is 1. The van der Waals surface area contributed by atoms with Crippen LogP contribution in [0.25, 0.3) is 0 Å². The molecule has 0 bridgehead atoms. The smallest absolute Gasteiger partial charge is 0.410 e. The molecule has 1 spiro atoms. The Morgan fingerprint density at radius 3 is 2.57 bits per heavy atom. The SMILES string of the molecule is CN(C(=O)OC(C)(C)C)C1CC2(C1)CN(c1ccc(N)nc1)C2. The lowest BCUT2D eigenvalue weighted by atomic mass is 9.60. The molecular formula is C17H26N4O2. The minimum absolute atomic E-state index is 0.226. The maximum Gasteiger partial charge on any atom is 0.410 e. The highest BCUT2D eigenvalue weighted by atomic mass is 16.6. The van der Waals surface area contributed by atoms with Crippen LogP contribution in [0, 0.1) is 5.41 Å². The molecule has 1 aromatic heterocycles. The zero-order chi connectivity index (χ0) is 16.8. The van der Waals surface area contributed by atoms with Gasteiger partial charge in [0.2, 0.25) is 0 Å². The van der Waals surface area contributed by atoms with Crippen LogP contribution < -0.4 is 10.6 Å². The predicted molar refractivity (Wildman–Crippen MR) is 90.3 cm³/mol. The number of hydrogen-bond acceptors (Lipinski definition) is 5. The van der Waals surface area contributed by atoms with Crippen LogP contribution in [-0.4, -0.2) is 47.8 Å². The predicted octanol–water partition coefficient (Wildman–Crippen LogP) is 2.50. The normalized spacial score (nSPS) is 19.9. The van der Waals surface area contributed by atoms with Gasteiger partial charge in [0.1, 0.15) is 11.4 Å². The molecule has 0 aromatic carbocycles. The van der Waals surface area contributed by atoms with Gasteiger partial charge in [-0.05, 0) is 45.7 Å². The van der Waals surface area contributed by atoms with Crippen LogP contribution in [0.2, 0.25) is 0 Å². The Morgan fingerprint density at radius 1 is 1.39 bits per heavy atom. The first-order chi connectivity index (χ1) is 10.7. The summed E-state index contributed by atoms with van der Waals surface area (Å²) in [6.07, 6.45) is 3.69. The molecule has 2 N–H and O–H groups in total. The van der Waals surface area contributed by atoms with E-state index in [1.807, 2.05) is 46.1 Å². The standard InChI is InChI=1S/C17H26N4O2/c1-16(2,3)23-15(22)20(4)13-7-17(8-13)10-21(11-17)12-5-6-14(18)19-9-12/h5-6,9,13H,7-8,10-11H2,1-4H3,(H2,18,19).